The van der Waals surface area contributed by atoms with Gasteiger partial charge in [0.2, 0.25) is 0 Å². The van der Waals surface area contributed by atoms with Crippen molar-refractivity contribution in [1.29, 1.82) is 0 Å². The van der Waals surface area contributed by atoms with Gasteiger partial charge in [0, 0.05) is 12.0 Å². The molecule has 0 aliphatic carbocycles. The molecule has 0 aromatic heterocycles. The molecule has 0 heterocycles. The van der Waals surface area contributed by atoms with Crippen LogP contribution in [0, 0.1) is 6.92 Å². The number of likely N-dealkylation sites (N-methyl/N-ethyl adjacent to an activating group) is 1. The van der Waals surface area contributed by atoms with E-state index in [2.05, 4.69) is 57.4 Å². The van der Waals surface area contributed by atoms with Crippen LogP contribution in [0.3, 0.4) is 0 Å². The van der Waals surface area contributed by atoms with Gasteiger partial charge < -0.3 is 5.32 Å². The quantitative estimate of drug-likeness (QED) is 0.749. The van der Waals surface area contributed by atoms with Crippen molar-refractivity contribution in [1.82, 2.24) is 5.32 Å². The van der Waals surface area contributed by atoms with Gasteiger partial charge in [0.1, 0.15) is 0 Å². The molecule has 0 aliphatic heterocycles. The van der Waals surface area contributed by atoms with E-state index in [1.165, 1.54) is 36.8 Å². The van der Waals surface area contributed by atoms with Crippen LogP contribution in [0.4, 0.5) is 0 Å². The molecule has 0 aliphatic rings. The Morgan fingerprint density at radius 3 is 2.12 bits per heavy atom. The number of nitrogens with one attached hydrogen (secondary N) is 1. The number of aryl methyl sites for hydroxylation is 1. The summed E-state index contributed by atoms with van der Waals surface area (Å²) in [6.07, 6.45) is 5.03. The summed E-state index contributed by atoms with van der Waals surface area (Å²) in [5.41, 5.74) is 3.30. The van der Waals surface area contributed by atoms with Gasteiger partial charge in [-0.3, -0.25) is 0 Å². The highest BCUT2D eigenvalue weighted by atomic mass is 14.8. The summed E-state index contributed by atoms with van der Waals surface area (Å²) in [7, 11) is 2.07. The lowest BCUT2D eigenvalue weighted by molar-refractivity contribution is 0.343. The van der Waals surface area contributed by atoms with Gasteiger partial charge in [-0.2, -0.15) is 0 Å². The molecule has 1 aromatic carbocycles. The summed E-state index contributed by atoms with van der Waals surface area (Å²) in [4.78, 5) is 0. The van der Waals surface area contributed by atoms with Crippen molar-refractivity contribution in [2.24, 2.45) is 0 Å². The van der Waals surface area contributed by atoms with Crippen LogP contribution in [0.5, 0.6) is 0 Å². The lowest BCUT2D eigenvalue weighted by atomic mass is 9.72. The van der Waals surface area contributed by atoms with Crippen LogP contribution in [0.2, 0.25) is 0 Å². The van der Waals surface area contributed by atoms with E-state index in [-0.39, 0.29) is 0 Å². The van der Waals surface area contributed by atoms with E-state index in [1.807, 2.05) is 0 Å². The van der Waals surface area contributed by atoms with Gasteiger partial charge in [-0.25, -0.2) is 0 Å². The lowest BCUT2D eigenvalue weighted by Crippen LogP contribution is -2.37. The predicted molar refractivity (Wildman–Crippen MR) is 76.6 cm³/mol. The van der Waals surface area contributed by atoms with Gasteiger partial charge in [0.25, 0.3) is 0 Å². The summed E-state index contributed by atoms with van der Waals surface area (Å²) in [6.45, 7) is 7.90. The Hall–Kier alpha value is -0.820. The normalized spacial score (nSPS) is 11.8. The zero-order chi connectivity index (χ0) is 12.7. The largest absolute Gasteiger partial charge is 0.319 e. The number of rotatable bonds is 7. The smallest absolute Gasteiger partial charge is 0.00800 e. The molecule has 1 N–H and O–H groups in total. The van der Waals surface area contributed by atoms with Crippen LogP contribution >= 0.6 is 0 Å². The molecule has 0 amide bonds. The predicted octanol–water partition coefficient (Wildman–Crippen LogP) is 4.05. The van der Waals surface area contributed by atoms with Gasteiger partial charge >= 0.3 is 0 Å². The fourth-order valence-corrected chi connectivity index (χ4v) is 3.13. The van der Waals surface area contributed by atoms with Crippen molar-refractivity contribution in [3.63, 3.8) is 0 Å². The molecule has 0 fully saturated rings. The first-order chi connectivity index (χ1) is 8.20. The Bertz CT molecular complexity index is 313. The van der Waals surface area contributed by atoms with Crippen LogP contribution in [-0.2, 0) is 5.41 Å². The second kappa shape index (κ2) is 6.80. The van der Waals surface area contributed by atoms with Crippen LogP contribution < -0.4 is 5.32 Å². The average molecular weight is 233 g/mol. The van der Waals surface area contributed by atoms with Gasteiger partial charge in [0.05, 0.1) is 0 Å². The number of benzene rings is 1. The average Bonchev–Trinajstić information content (AvgIpc) is 2.30. The molecular formula is C16H27N. The van der Waals surface area contributed by atoms with Crippen LogP contribution in [-0.4, -0.2) is 13.6 Å². The summed E-state index contributed by atoms with van der Waals surface area (Å²) in [5, 5.41) is 3.40. The van der Waals surface area contributed by atoms with Crippen LogP contribution in [0.15, 0.2) is 24.3 Å². The highest BCUT2D eigenvalue weighted by molar-refractivity contribution is 5.34. The van der Waals surface area contributed by atoms with Crippen LogP contribution in [0.1, 0.15) is 50.7 Å². The lowest BCUT2D eigenvalue weighted by Gasteiger charge is -2.35. The second-order valence-corrected chi connectivity index (χ2v) is 5.13. The van der Waals surface area contributed by atoms with E-state index in [0.29, 0.717) is 5.41 Å². The van der Waals surface area contributed by atoms with Crippen molar-refractivity contribution < 1.29 is 0 Å². The monoisotopic (exact) mass is 233 g/mol. The summed E-state index contributed by atoms with van der Waals surface area (Å²) in [6, 6.07) is 8.88. The molecule has 0 unspecified atom stereocenters. The molecular weight excluding hydrogens is 206 g/mol. The highest BCUT2D eigenvalue weighted by Gasteiger charge is 2.30. The molecule has 0 radical (unpaired) electrons. The van der Waals surface area contributed by atoms with Gasteiger partial charge in [-0.1, -0.05) is 51.0 Å². The van der Waals surface area contributed by atoms with E-state index in [1.54, 1.807) is 0 Å². The fourth-order valence-electron chi connectivity index (χ4n) is 3.13. The maximum atomic E-state index is 3.40. The van der Waals surface area contributed by atoms with Crippen molar-refractivity contribution in [2.45, 2.75) is 51.9 Å². The first kappa shape index (κ1) is 14.2. The van der Waals surface area contributed by atoms with Crippen molar-refractivity contribution >= 4 is 0 Å². The summed E-state index contributed by atoms with van der Waals surface area (Å²) in [5.74, 6) is 0. The molecule has 1 aromatic rings. The zero-order valence-electron chi connectivity index (χ0n) is 11.8. The molecule has 0 spiro atoms. The van der Waals surface area contributed by atoms with Crippen LogP contribution in [0.25, 0.3) is 0 Å². The van der Waals surface area contributed by atoms with Gasteiger partial charge in [-0.15, -0.1) is 0 Å². The SMILES string of the molecule is CCCC(CCC)(CNC)c1ccccc1C. The van der Waals surface area contributed by atoms with Crippen molar-refractivity contribution in [3.8, 4) is 0 Å². The Kier molecular flexibility index (Phi) is 5.70. The number of hydrogen-bond acceptors (Lipinski definition) is 1. The van der Waals surface area contributed by atoms with E-state index >= 15 is 0 Å². The second-order valence-electron chi connectivity index (χ2n) is 5.13. The van der Waals surface area contributed by atoms with Gasteiger partial charge in [-0.05, 0) is 37.9 Å². The van der Waals surface area contributed by atoms with Gasteiger partial charge in [0.15, 0.2) is 0 Å². The Morgan fingerprint density at radius 1 is 1.06 bits per heavy atom. The van der Waals surface area contributed by atoms with Crippen molar-refractivity contribution in [3.05, 3.63) is 35.4 Å². The van der Waals surface area contributed by atoms with Crippen molar-refractivity contribution in [2.75, 3.05) is 13.6 Å². The third-order valence-corrected chi connectivity index (χ3v) is 3.69. The first-order valence-corrected chi connectivity index (χ1v) is 6.91. The van der Waals surface area contributed by atoms with E-state index in [0.717, 1.165) is 6.54 Å². The molecule has 96 valence electrons. The Balaban J connectivity index is 3.14. The standard InChI is InChI=1S/C16H27N/c1-5-11-16(12-6-2,13-17-4)15-10-8-7-9-14(15)3/h7-10,17H,5-6,11-13H2,1-4H3. The molecule has 1 nitrogen and oxygen atoms in total. The molecule has 17 heavy (non-hydrogen) atoms. The Morgan fingerprint density at radius 2 is 1.65 bits per heavy atom. The molecule has 0 saturated heterocycles. The molecule has 0 atom stereocenters. The summed E-state index contributed by atoms with van der Waals surface area (Å²) < 4.78 is 0. The molecule has 0 bridgehead atoms. The zero-order valence-corrected chi connectivity index (χ0v) is 11.8. The first-order valence-electron chi connectivity index (χ1n) is 6.91. The highest BCUT2D eigenvalue weighted by Crippen LogP contribution is 2.35. The molecule has 0 saturated carbocycles. The number of hydrogen-bond donors (Lipinski definition) is 1. The topological polar surface area (TPSA) is 12.0 Å². The maximum absolute atomic E-state index is 3.40. The minimum Gasteiger partial charge on any atom is -0.319 e. The molecule has 1 heteroatoms. The maximum Gasteiger partial charge on any atom is 0.00800 e. The third kappa shape index (κ3) is 3.32. The Labute approximate surface area is 107 Å². The minimum absolute atomic E-state index is 0.323. The van der Waals surface area contributed by atoms with E-state index < -0.39 is 0 Å². The van der Waals surface area contributed by atoms with E-state index in [4.69, 9.17) is 0 Å². The van der Waals surface area contributed by atoms with E-state index in [9.17, 15) is 0 Å². The minimum atomic E-state index is 0.323. The summed E-state index contributed by atoms with van der Waals surface area (Å²) >= 11 is 0. The molecule has 1 rings (SSSR count). The third-order valence-electron chi connectivity index (χ3n) is 3.69. The fraction of sp³-hybridized carbons (Fsp3) is 0.625.